The molecule has 1 unspecified atom stereocenters. The predicted molar refractivity (Wildman–Crippen MR) is 53.9 cm³/mol. The molecule has 2 nitrogen and oxygen atoms in total. The van der Waals surface area contributed by atoms with Gasteiger partial charge in [-0.3, -0.25) is 0 Å². The summed E-state index contributed by atoms with van der Waals surface area (Å²) in [5.41, 5.74) is -0.512. The number of hydrogen-bond acceptors (Lipinski definition) is 2. The van der Waals surface area contributed by atoms with Gasteiger partial charge >= 0.3 is 6.18 Å². The fourth-order valence-electron chi connectivity index (χ4n) is 2.78. The van der Waals surface area contributed by atoms with E-state index in [0.717, 1.165) is 0 Å². The van der Waals surface area contributed by atoms with E-state index >= 15 is 0 Å². The number of aliphatic hydroxyl groups is 2. The monoisotopic (exact) mass is 240 g/mol. The topological polar surface area (TPSA) is 40.5 Å². The lowest BCUT2D eigenvalue weighted by molar-refractivity contribution is -0.194. The lowest BCUT2D eigenvalue weighted by Gasteiger charge is -2.41. The Hall–Kier alpha value is -0.290. The summed E-state index contributed by atoms with van der Waals surface area (Å²) in [6.45, 7) is -0.213. The summed E-state index contributed by atoms with van der Waals surface area (Å²) in [6, 6.07) is 0. The summed E-state index contributed by atoms with van der Waals surface area (Å²) in [4.78, 5) is 0. The smallest absolute Gasteiger partial charge is 0.391 e. The van der Waals surface area contributed by atoms with Gasteiger partial charge in [-0.15, -0.1) is 0 Å². The lowest BCUT2D eigenvalue weighted by atomic mass is 9.66. The third-order valence-electron chi connectivity index (χ3n) is 3.69. The molecule has 1 aliphatic carbocycles. The molecule has 0 aromatic carbocycles. The number of aliphatic hydroxyl groups excluding tert-OH is 2. The second kappa shape index (κ2) is 5.36. The minimum absolute atomic E-state index is 0.0532. The molecular formula is C11H19F3O2. The van der Waals surface area contributed by atoms with Crippen molar-refractivity contribution in [3.63, 3.8) is 0 Å². The van der Waals surface area contributed by atoms with Crippen molar-refractivity contribution in [1.29, 1.82) is 0 Å². The molecule has 96 valence electrons. The predicted octanol–water partition coefficient (Wildman–Crippen LogP) is 2.49. The first-order chi connectivity index (χ1) is 7.43. The van der Waals surface area contributed by atoms with Crippen LogP contribution in [0.1, 0.15) is 38.5 Å². The van der Waals surface area contributed by atoms with Crippen molar-refractivity contribution in [2.24, 2.45) is 11.3 Å². The Morgan fingerprint density at radius 1 is 1.12 bits per heavy atom. The first-order valence-corrected chi connectivity index (χ1v) is 5.72. The van der Waals surface area contributed by atoms with Crippen LogP contribution in [0, 0.1) is 11.3 Å². The van der Waals surface area contributed by atoms with Crippen LogP contribution in [0.2, 0.25) is 0 Å². The van der Waals surface area contributed by atoms with Crippen LogP contribution in [0.25, 0.3) is 0 Å². The first kappa shape index (κ1) is 13.8. The third kappa shape index (κ3) is 3.35. The van der Waals surface area contributed by atoms with Gasteiger partial charge in [0.05, 0.1) is 5.92 Å². The third-order valence-corrected chi connectivity index (χ3v) is 3.69. The molecule has 0 bridgehead atoms. The van der Waals surface area contributed by atoms with E-state index < -0.39 is 17.5 Å². The van der Waals surface area contributed by atoms with Gasteiger partial charge in [0.1, 0.15) is 0 Å². The fraction of sp³-hybridized carbons (Fsp3) is 1.00. The van der Waals surface area contributed by atoms with Crippen molar-refractivity contribution >= 4 is 0 Å². The zero-order valence-corrected chi connectivity index (χ0v) is 9.26. The van der Waals surface area contributed by atoms with Gasteiger partial charge in [0.15, 0.2) is 0 Å². The van der Waals surface area contributed by atoms with Gasteiger partial charge in [0.25, 0.3) is 0 Å². The van der Waals surface area contributed by atoms with E-state index in [0.29, 0.717) is 25.7 Å². The Labute approximate surface area is 93.5 Å². The maximum Gasteiger partial charge on any atom is 0.391 e. The van der Waals surface area contributed by atoms with E-state index in [2.05, 4.69) is 0 Å². The van der Waals surface area contributed by atoms with Gasteiger partial charge < -0.3 is 10.2 Å². The fourth-order valence-corrected chi connectivity index (χ4v) is 2.78. The largest absolute Gasteiger partial charge is 0.396 e. The SMILES string of the molecule is OCCC1(CCO)CCCC(C(F)(F)F)C1. The molecular weight excluding hydrogens is 221 g/mol. The van der Waals surface area contributed by atoms with E-state index in [-0.39, 0.29) is 26.1 Å². The minimum Gasteiger partial charge on any atom is -0.396 e. The van der Waals surface area contributed by atoms with Crippen LogP contribution in [0.3, 0.4) is 0 Å². The van der Waals surface area contributed by atoms with Crippen molar-refractivity contribution in [2.45, 2.75) is 44.7 Å². The van der Waals surface area contributed by atoms with Gasteiger partial charge in [0, 0.05) is 13.2 Å². The Morgan fingerprint density at radius 3 is 2.12 bits per heavy atom. The van der Waals surface area contributed by atoms with Crippen LogP contribution in [0.5, 0.6) is 0 Å². The minimum atomic E-state index is -4.14. The molecule has 1 fully saturated rings. The van der Waals surface area contributed by atoms with Gasteiger partial charge in [-0.05, 0) is 37.5 Å². The molecule has 1 rings (SSSR count). The molecule has 0 radical (unpaired) electrons. The molecule has 1 aliphatic rings. The summed E-state index contributed by atoms with van der Waals surface area (Å²) < 4.78 is 37.9. The van der Waals surface area contributed by atoms with Crippen LogP contribution in [-0.2, 0) is 0 Å². The maximum atomic E-state index is 12.6. The second-order valence-corrected chi connectivity index (χ2v) is 4.78. The first-order valence-electron chi connectivity index (χ1n) is 5.72. The molecule has 0 amide bonds. The molecule has 2 N–H and O–H groups in total. The summed E-state index contributed by atoms with van der Waals surface area (Å²) in [6.07, 6.45) is -1.97. The highest BCUT2D eigenvalue weighted by Gasteiger charge is 2.46. The molecule has 0 aromatic heterocycles. The van der Waals surface area contributed by atoms with Gasteiger partial charge in [-0.2, -0.15) is 13.2 Å². The molecule has 1 atom stereocenters. The Morgan fingerprint density at radius 2 is 1.69 bits per heavy atom. The Balaban J connectivity index is 2.70. The molecule has 0 aromatic rings. The van der Waals surface area contributed by atoms with Crippen LogP contribution in [-0.4, -0.2) is 29.6 Å². The van der Waals surface area contributed by atoms with Gasteiger partial charge in [-0.1, -0.05) is 6.42 Å². The number of rotatable bonds is 4. The zero-order valence-electron chi connectivity index (χ0n) is 9.26. The van der Waals surface area contributed by atoms with Crippen molar-refractivity contribution in [3.05, 3.63) is 0 Å². The van der Waals surface area contributed by atoms with Crippen molar-refractivity contribution in [2.75, 3.05) is 13.2 Å². The van der Waals surface area contributed by atoms with Gasteiger partial charge in [0.2, 0.25) is 0 Å². The Kier molecular flexibility index (Phi) is 4.62. The molecule has 0 heterocycles. The molecule has 5 heteroatoms. The second-order valence-electron chi connectivity index (χ2n) is 4.78. The summed E-state index contributed by atoms with van der Waals surface area (Å²) in [5, 5.41) is 17.9. The highest BCUT2D eigenvalue weighted by Crippen LogP contribution is 2.49. The molecule has 0 spiro atoms. The van der Waals surface area contributed by atoms with Crippen LogP contribution in [0.15, 0.2) is 0 Å². The molecule has 0 aliphatic heterocycles. The standard InChI is InChI=1S/C11H19F3O2/c12-11(13,14)9-2-1-3-10(8-9,4-6-15)5-7-16/h9,15-16H,1-8H2. The number of halogens is 3. The molecule has 0 saturated heterocycles. The lowest BCUT2D eigenvalue weighted by Crippen LogP contribution is -2.37. The quantitative estimate of drug-likeness (QED) is 0.792. The average Bonchev–Trinajstić information content (AvgIpc) is 2.17. The van der Waals surface area contributed by atoms with E-state index in [9.17, 15) is 13.2 Å². The van der Waals surface area contributed by atoms with E-state index in [1.807, 2.05) is 0 Å². The van der Waals surface area contributed by atoms with Crippen LogP contribution >= 0.6 is 0 Å². The van der Waals surface area contributed by atoms with Crippen LogP contribution in [0.4, 0.5) is 13.2 Å². The van der Waals surface area contributed by atoms with Crippen LogP contribution < -0.4 is 0 Å². The summed E-state index contributed by atoms with van der Waals surface area (Å²) in [5.74, 6) is -1.26. The van der Waals surface area contributed by atoms with Crippen molar-refractivity contribution in [1.82, 2.24) is 0 Å². The van der Waals surface area contributed by atoms with E-state index in [1.54, 1.807) is 0 Å². The zero-order chi connectivity index (χ0) is 12.2. The number of hydrogen-bond donors (Lipinski definition) is 2. The normalized spacial score (nSPS) is 25.7. The summed E-state index contributed by atoms with van der Waals surface area (Å²) >= 11 is 0. The van der Waals surface area contributed by atoms with Gasteiger partial charge in [-0.25, -0.2) is 0 Å². The highest BCUT2D eigenvalue weighted by atomic mass is 19.4. The molecule has 16 heavy (non-hydrogen) atoms. The van der Waals surface area contributed by atoms with E-state index in [4.69, 9.17) is 10.2 Å². The van der Waals surface area contributed by atoms with Crippen molar-refractivity contribution < 1.29 is 23.4 Å². The summed E-state index contributed by atoms with van der Waals surface area (Å²) in [7, 11) is 0. The van der Waals surface area contributed by atoms with Crippen molar-refractivity contribution in [3.8, 4) is 0 Å². The Bertz CT molecular complexity index is 204. The highest BCUT2D eigenvalue weighted by molar-refractivity contribution is 4.88. The number of alkyl halides is 3. The average molecular weight is 240 g/mol. The maximum absolute atomic E-state index is 12.6. The molecule has 1 saturated carbocycles. The van der Waals surface area contributed by atoms with E-state index in [1.165, 1.54) is 0 Å².